The molecule has 0 aliphatic carbocycles. The number of phenols is 2. The molecule has 0 radical (unpaired) electrons. The Morgan fingerprint density at radius 1 is 0.902 bits per heavy atom. The van der Waals surface area contributed by atoms with Crippen molar-refractivity contribution in [2.75, 3.05) is 11.9 Å². The fraction of sp³-hybridized carbons (Fsp3) is 0.344. The van der Waals surface area contributed by atoms with Crippen LogP contribution in [0.15, 0.2) is 66.7 Å². The average Bonchev–Trinajstić information content (AvgIpc) is 2.90. The maximum absolute atomic E-state index is 14.2. The van der Waals surface area contributed by atoms with Gasteiger partial charge in [-0.3, -0.25) is 9.59 Å². The lowest BCUT2D eigenvalue weighted by molar-refractivity contribution is -0.140. The van der Waals surface area contributed by atoms with Gasteiger partial charge in [-0.1, -0.05) is 48.5 Å². The van der Waals surface area contributed by atoms with Crippen molar-refractivity contribution in [3.63, 3.8) is 0 Å². The van der Waals surface area contributed by atoms with Gasteiger partial charge >= 0.3 is 6.09 Å². The number of carbonyl (C=O) groups is 3. The van der Waals surface area contributed by atoms with E-state index in [2.05, 4.69) is 10.6 Å². The molecule has 0 saturated heterocycles. The number of alkyl carbamates (subject to hydrolysis) is 1. The van der Waals surface area contributed by atoms with Crippen molar-refractivity contribution in [2.24, 2.45) is 0 Å². The molecule has 3 aromatic rings. The number of likely N-dealkylation sites (N-methyl/N-ethyl adjacent to an activating group) is 1. The van der Waals surface area contributed by atoms with Crippen LogP contribution in [0.4, 0.5) is 10.5 Å². The zero-order valence-electron chi connectivity index (χ0n) is 24.4. The van der Waals surface area contributed by atoms with Crippen LogP contribution in [0, 0.1) is 13.8 Å². The summed E-state index contributed by atoms with van der Waals surface area (Å²) in [7, 11) is 0. The van der Waals surface area contributed by atoms with E-state index in [9.17, 15) is 24.6 Å². The summed E-state index contributed by atoms with van der Waals surface area (Å²) in [5.74, 6) is -1.10. The van der Waals surface area contributed by atoms with Crippen molar-refractivity contribution in [3.8, 4) is 11.5 Å². The summed E-state index contributed by atoms with van der Waals surface area (Å²) in [6.45, 7) is 10.5. The van der Waals surface area contributed by atoms with Gasteiger partial charge in [-0.25, -0.2) is 4.79 Å². The largest absolute Gasteiger partial charge is 0.508 e. The number of rotatable bonds is 9. The van der Waals surface area contributed by atoms with Crippen molar-refractivity contribution < 1.29 is 29.3 Å². The van der Waals surface area contributed by atoms with Crippen LogP contribution in [-0.4, -0.2) is 51.2 Å². The fourth-order valence-corrected chi connectivity index (χ4v) is 4.45. The Balaban J connectivity index is 2.05. The molecule has 0 spiro atoms. The molecule has 0 aliphatic heterocycles. The van der Waals surface area contributed by atoms with E-state index in [1.54, 1.807) is 77.1 Å². The number of ether oxygens (including phenoxy) is 1. The third-order valence-corrected chi connectivity index (χ3v) is 6.52. The lowest BCUT2D eigenvalue weighted by atomic mass is 9.98. The molecule has 0 saturated carbocycles. The number of anilines is 1. The monoisotopic (exact) mass is 561 g/mol. The standard InChI is InChI=1S/C32H39N3O6/c1-7-35(30(39)26(34-31(40)41-32(4,5)6)19-22-15-17-23(36)18-16-22)27(24-13-10-12-21(3)28(24)37)29(38)33-25-14-9-8-11-20(25)2/h8-18,26-27,36-37H,7,19H2,1-6H3,(H,33,38)(H,34,40). The van der Waals surface area contributed by atoms with Crippen LogP contribution in [0.25, 0.3) is 0 Å². The molecule has 3 amide bonds. The van der Waals surface area contributed by atoms with E-state index < -0.39 is 35.6 Å². The zero-order chi connectivity index (χ0) is 30.3. The number of hydrogen-bond donors (Lipinski definition) is 4. The molecule has 0 fully saturated rings. The smallest absolute Gasteiger partial charge is 0.408 e. The van der Waals surface area contributed by atoms with Gasteiger partial charge in [-0.2, -0.15) is 0 Å². The van der Waals surface area contributed by atoms with Gasteiger partial charge < -0.3 is 30.5 Å². The highest BCUT2D eigenvalue weighted by molar-refractivity contribution is 5.99. The molecule has 2 atom stereocenters. The highest BCUT2D eigenvalue weighted by Crippen LogP contribution is 2.33. The van der Waals surface area contributed by atoms with Crippen LogP contribution in [-0.2, 0) is 20.7 Å². The predicted octanol–water partition coefficient (Wildman–Crippen LogP) is 5.38. The minimum absolute atomic E-state index is 0.0646. The van der Waals surface area contributed by atoms with Gasteiger partial charge in [0.05, 0.1) is 0 Å². The number of amides is 3. The molecular weight excluding hydrogens is 522 g/mol. The number of aromatic hydroxyl groups is 2. The molecule has 9 nitrogen and oxygen atoms in total. The SMILES string of the molecule is CCN(C(=O)C(Cc1ccc(O)cc1)NC(=O)OC(C)(C)C)C(C(=O)Nc1ccccc1C)c1cccc(C)c1O. The van der Waals surface area contributed by atoms with Crippen molar-refractivity contribution in [3.05, 3.63) is 89.0 Å². The van der Waals surface area contributed by atoms with E-state index >= 15 is 0 Å². The molecular formula is C32H39N3O6. The zero-order valence-corrected chi connectivity index (χ0v) is 24.4. The number of benzene rings is 3. The Morgan fingerprint density at radius 2 is 1.54 bits per heavy atom. The Labute approximate surface area is 241 Å². The van der Waals surface area contributed by atoms with E-state index in [0.717, 1.165) is 5.56 Å². The maximum Gasteiger partial charge on any atom is 0.408 e. The van der Waals surface area contributed by atoms with E-state index in [1.807, 2.05) is 19.1 Å². The molecule has 3 aromatic carbocycles. The van der Waals surface area contributed by atoms with Gasteiger partial charge in [-0.05, 0) is 76.4 Å². The second-order valence-corrected chi connectivity index (χ2v) is 10.9. The lowest BCUT2D eigenvalue weighted by Crippen LogP contribution is -2.53. The van der Waals surface area contributed by atoms with Crippen LogP contribution >= 0.6 is 0 Å². The number of nitrogens with one attached hydrogen (secondary N) is 2. The summed E-state index contributed by atoms with van der Waals surface area (Å²) < 4.78 is 5.43. The first kappa shape index (κ1) is 31.0. The van der Waals surface area contributed by atoms with Crippen molar-refractivity contribution >= 4 is 23.6 Å². The molecule has 4 N–H and O–H groups in total. The summed E-state index contributed by atoms with van der Waals surface area (Å²) in [4.78, 5) is 42.3. The first-order chi connectivity index (χ1) is 19.3. The van der Waals surface area contributed by atoms with Crippen molar-refractivity contribution in [1.82, 2.24) is 10.2 Å². The number of aryl methyl sites for hydroxylation is 2. The third kappa shape index (κ3) is 8.23. The van der Waals surface area contributed by atoms with Crippen LogP contribution in [0.5, 0.6) is 11.5 Å². The Bertz CT molecular complexity index is 1380. The predicted molar refractivity (Wildman–Crippen MR) is 158 cm³/mol. The molecule has 2 unspecified atom stereocenters. The summed E-state index contributed by atoms with van der Waals surface area (Å²) in [6, 6.07) is 16.3. The van der Waals surface area contributed by atoms with Gasteiger partial charge in [0.15, 0.2) is 0 Å². The Hall–Kier alpha value is -4.53. The first-order valence-corrected chi connectivity index (χ1v) is 13.5. The van der Waals surface area contributed by atoms with Gasteiger partial charge in [-0.15, -0.1) is 0 Å². The quantitative estimate of drug-likeness (QED) is 0.278. The van der Waals surface area contributed by atoms with E-state index in [4.69, 9.17) is 4.74 Å². The maximum atomic E-state index is 14.2. The number of phenolic OH excluding ortho intramolecular Hbond substituents is 2. The molecule has 0 heterocycles. The Kier molecular flexibility index (Phi) is 9.99. The number of para-hydroxylation sites is 2. The molecule has 0 aliphatic rings. The third-order valence-electron chi connectivity index (χ3n) is 6.52. The van der Waals surface area contributed by atoms with Gasteiger partial charge in [0.1, 0.15) is 29.2 Å². The minimum Gasteiger partial charge on any atom is -0.508 e. The molecule has 41 heavy (non-hydrogen) atoms. The van der Waals surface area contributed by atoms with Gasteiger partial charge in [0, 0.05) is 24.2 Å². The lowest BCUT2D eigenvalue weighted by Gasteiger charge is -2.34. The average molecular weight is 562 g/mol. The molecule has 9 heteroatoms. The summed E-state index contributed by atoms with van der Waals surface area (Å²) in [5, 5.41) is 26.3. The van der Waals surface area contributed by atoms with Crippen LogP contribution in [0.1, 0.15) is 56.0 Å². The van der Waals surface area contributed by atoms with Gasteiger partial charge in [0.2, 0.25) is 5.91 Å². The van der Waals surface area contributed by atoms with Crippen molar-refractivity contribution in [1.29, 1.82) is 0 Å². The summed E-state index contributed by atoms with van der Waals surface area (Å²) >= 11 is 0. The molecule has 218 valence electrons. The molecule has 3 rings (SSSR count). The van der Waals surface area contributed by atoms with Crippen molar-refractivity contribution in [2.45, 2.75) is 65.6 Å². The van der Waals surface area contributed by atoms with Crippen LogP contribution < -0.4 is 10.6 Å². The first-order valence-electron chi connectivity index (χ1n) is 13.5. The summed E-state index contributed by atoms with van der Waals surface area (Å²) in [5.41, 5.74) is 2.08. The van der Waals surface area contributed by atoms with Crippen LogP contribution in [0.3, 0.4) is 0 Å². The minimum atomic E-state index is -1.21. The Morgan fingerprint density at radius 3 is 2.15 bits per heavy atom. The van der Waals surface area contributed by atoms with Gasteiger partial charge in [0.25, 0.3) is 5.91 Å². The highest BCUT2D eigenvalue weighted by atomic mass is 16.6. The normalized spacial score (nSPS) is 12.6. The van der Waals surface area contributed by atoms with E-state index in [0.29, 0.717) is 16.8 Å². The highest BCUT2D eigenvalue weighted by Gasteiger charge is 2.37. The van der Waals surface area contributed by atoms with E-state index in [1.165, 1.54) is 17.0 Å². The number of nitrogens with zero attached hydrogens (tertiary/aromatic N) is 1. The molecule has 0 bridgehead atoms. The van der Waals surface area contributed by atoms with Crippen LogP contribution in [0.2, 0.25) is 0 Å². The molecule has 0 aromatic heterocycles. The second kappa shape index (κ2) is 13.2. The fourth-order valence-electron chi connectivity index (χ4n) is 4.45. The number of carbonyl (C=O) groups excluding carboxylic acids is 3. The summed E-state index contributed by atoms with van der Waals surface area (Å²) in [6.07, 6.45) is -0.717. The second-order valence-electron chi connectivity index (χ2n) is 10.9. The topological polar surface area (TPSA) is 128 Å². The number of hydrogen-bond acceptors (Lipinski definition) is 6. The van der Waals surface area contributed by atoms with E-state index in [-0.39, 0.29) is 30.0 Å².